The van der Waals surface area contributed by atoms with Gasteiger partial charge in [-0.2, -0.15) is 0 Å². The van der Waals surface area contributed by atoms with Gasteiger partial charge < -0.3 is 14.8 Å². The molecule has 0 saturated carbocycles. The van der Waals surface area contributed by atoms with Crippen LogP contribution in [0.5, 0.6) is 11.5 Å². The Morgan fingerprint density at radius 3 is 2.89 bits per heavy atom. The van der Waals surface area contributed by atoms with Crippen LogP contribution in [0.15, 0.2) is 36.7 Å². The molecule has 0 amide bonds. The molecule has 2 N–H and O–H groups in total. The number of H-pyrrole nitrogens is 1. The van der Waals surface area contributed by atoms with Crippen molar-refractivity contribution < 1.29 is 9.84 Å². The molecule has 0 atom stereocenters. The minimum Gasteiger partial charge on any atom is -0.507 e. The molecule has 90 valence electrons. The maximum absolute atomic E-state index is 9.95. The fourth-order valence-electron chi connectivity index (χ4n) is 1.82. The molecule has 0 aliphatic rings. The molecule has 3 rings (SSSR count). The second-order valence-electron chi connectivity index (χ2n) is 3.86. The third-order valence-corrected chi connectivity index (χ3v) is 2.74. The maximum atomic E-state index is 9.95. The second-order valence-corrected chi connectivity index (χ2v) is 3.86. The molecule has 0 bridgehead atoms. The SMILES string of the molecule is COc1ccc(-c2nc3ccncc3[nH]2)c(O)c1. The van der Waals surface area contributed by atoms with Crippen LogP contribution < -0.4 is 4.74 Å². The van der Waals surface area contributed by atoms with Gasteiger partial charge in [0.05, 0.1) is 29.9 Å². The van der Waals surface area contributed by atoms with E-state index in [0.717, 1.165) is 11.0 Å². The minimum absolute atomic E-state index is 0.126. The molecule has 0 saturated heterocycles. The van der Waals surface area contributed by atoms with Gasteiger partial charge >= 0.3 is 0 Å². The lowest BCUT2D eigenvalue weighted by atomic mass is 10.2. The van der Waals surface area contributed by atoms with Gasteiger partial charge in [-0.3, -0.25) is 4.98 Å². The summed E-state index contributed by atoms with van der Waals surface area (Å²) in [6, 6.07) is 6.91. The van der Waals surface area contributed by atoms with E-state index >= 15 is 0 Å². The second kappa shape index (κ2) is 4.03. The summed E-state index contributed by atoms with van der Waals surface area (Å²) in [5.41, 5.74) is 2.28. The number of ether oxygens (including phenoxy) is 1. The zero-order valence-corrected chi connectivity index (χ0v) is 9.71. The van der Waals surface area contributed by atoms with Gasteiger partial charge in [-0.15, -0.1) is 0 Å². The van der Waals surface area contributed by atoms with Crippen LogP contribution in [-0.2, 0) is 0 Å². The van der Waals surface area contributed by atoms with E-state index < -0.39 is 0 Å². The van der Waals surface area contributed by atoms with E-state index in [4.69, 9.17) is 4.74 Å². The summed E-state index contributed by atoms with van der Waals surface area (Å²) < 4.78 is 5.04. The van der Waals surface area contributed by atoms with Crippen molar-refractivity contribution in [1.29, 1.82) is 0 Å². The molecule has 18 heavy (non-hydrogen) atoms. The van der Waals surface area contributed by atoms with Gasteiger partial charge in [0.15, 0.2) is 0 Å². The minimum atomic E-state index is 0.126. The number of nitrogens with one attached hydrogen (secondary N) is 1. The van der Waals surface area contributed by atoms with Crippen LogP contribution in [0.25, 0.3) is 22.4 Å². The highest BCUT2D eigenvalue weighted by molar-refractivity contribution is 5.79. The van der Waals surface area contributed by atoms with Crippen LogP contribution >= 0.6 is 0 Å². The first-order chi connectivity index (χ1) is 8.78. The molecule has 3 aromatic rings. The van der Waals surface area contributed by atoms with Crippen LogP contribution in [0.4, 0.5) is 0 Å². The number of aromatic amines is 1. The smallest absolute Gasteiger partial charge is 0.142 e. The molecule has 0 unspecified atom stereocenters. The molecule has 5 nitrogen and oxygen atoms in total. The van der Waals surface area contributed by atoms with Crippen LogP contribution in [0.2, 0.25) is 0 Å². The number of phenolic OH excluding ortho intramolecular Hbond substituents is 1. The van der Waals surface area contributed by atoms with Crippen molar-refractivity contribution in [2.75, 3.05) is 7.11 Å². The van der Waals surface area contributed by atoms with E-state index in [2.05, 4.69) is 15.0 Å². The largest absolute Gasteiger partial charge is 0.507 e. The fourth-order valence-corrected chi connectivity index (χ4v) is 1.82. The quantitative estimate of drug-likeness (QED) is 0.722. The molecular formula is C13H11N3O2. The van der Waals surface area contributed by atoms with E-state index in [9.17, 15) is 5.11 Å². The lowest BCUT2D eigenvalue weighted by molar-refractivity contribution is 0.408. The summed E-state index contributed by atoms with van der Waals surface area (Å²) in [7, 11) is 1.56. The number of methoxy groups -OCH3 is 1. The lowest BCUT2D eigenvalue weighted by Gasteiger charge is -2.04. The highest BCUT2D eigenvalue weighted by Gasteiger charge is 2.10. The number of aromatic hydroxyl groups is 1. The number of phenols is 1. The van der Waals surface area contributed by atoms with Gasteiger partial charge in [0.1, 0.15) is 17.3 Å². The van der Waals surface area contributed by atoms with Gasteiger partial charge in [-0.1, -0.05) is 0 Å². The van der Waals surface area contributed by atoms with E-state index in [1.165, 1.54) is 0 Å². The zero-order valence-electron chi connectivity index (χ0n) is 9.71. The van der Waals surface area contributed by atoms with Crippen LogP contribution in [0.3, 0.4) is 0 Å². The fraction of sp³-hybridized carbons (Fsp3) is 0.0769. The Balaban J connectivity index is 2.14. The standard InChI is InChI=1S/C13H11N3O2/c1-18-8-2-3-9(12(17)6-8)13-15-10-4-5-14-7-11(10)16-13/h2-7,17H,1H3,(H,15,16). The molecule has 5 heteroatoms. The highest BCUT2D eigenvalue weighted by Crippen LogP contribution is 2.31. The summed E-state index contributed by atoms with van der Waals surface area (Å²) in [6.07, 6.45) is 3.38. The summed E-state index contributed by atoms with van der Waals surface area (Å²) in [4.78, 5) is 11.5. The van der Waals surface area contributed by atoms with Crippen LogP contribution in [-0.4, -0.2) is 27.2 Å². The van der Waals surface area contributed by atoms with Crippen molar-refractivity contribution in [2.24, 2.45) is 0 Å². The number of aromatic nitrogens is 3. The Morgan fingerprint density at radius 1 is 1.28 bits per heavy atom. The molecule has 1 aromatic carbocycles. The van der Waals surface area contributed by atoms with Crippen molar-refractivity contribution in [2.45, 2.75) is 0 Å². The number of rotatable bonds is 2. The van der Waals surface area contributed by atoms with Gasteiger partial charge in [-0.25, -0.2) is 4.98 Å². The Hall–Kier alpha value is -2.56. The molecule has 0 fully saturated rings. The van der Waals surface area contributed by atoms with Gasteiger partial charge in [0, 0.05) is 12.3 Å². The van der Waals surface area contributed by atoms with Crippen LogP contribution in [0.1, 0.15) is 0 Å². The molecule has 2 aromatic heterocycles. The van der Waals surface area contributed by atoms with Crippen molar-refractivity contribution in [3.8, 4) is 22.9 Å². The maximum Gasteiger partial charge on any atom is 0.142 e. The lowest BCUT2D eigenvalue weighted by Crippen LogP contribution is -1.85. The van der Waals surface area contributed by atoms with E-state index in [-0.39, 0.29) is 5.75 Å². The van der Waals surface area contributed by atoms with Crippen molar-refractivity contribution in [1.82, 2.24) is 15.0 Å². The molecule has 0 aliphatic carbocycles. The Kier molecular flexibility index (Phi) is 2.37. The first-order valence-corrected chi connectivity index (χ1v) is 5.45. The molecular weight excluding hydrogens is 230 g/mol. The summed E-state index contributed by atoms with van der Waals surface area (Å²) in [5.74, 6) is 1.34. The van der Waals surface area contributed by atoms with E-state index in [1.807, 2.05) is 6.07 Å². The predicted octanol–water partition coefficient (Wildman–Crippen LogP) is 2.34. The molecule has 2 heterocycles. The van der Waals surface area contributed by atoms with Gasteiger partial charge in [0.25, 0.3) is 0 Å². The molecule has 0 radical (unpaired) electrons. The van der Waals surface area contributed by atoms with E-state index in [0.29, 0.717) is 17.1 Å². The monoisotopic (exact) mass is 241 g/mol. The molecule has 0 aliphatic heterocycles. The summed E-state index contributed by atoms with van der Waals surface area (Å²) in [6.45, 7) is 0. The third kappa shape index (κ3) is 1.66. The normalized spacial score (nSPS) is 10.7. The zero-order chi connectivity index (χ0) is 12.5. The number of benzene rings is 1. The average molecular weight is 241 g/mol. The number of nitrogens with zero attached hydrogens (tertiary/aromatic N) is 2. The first kappa shape index (κ1) is 10.6. The number of hydrogen-bond donors (Lipinski definition) is 2. The highest BCUT2D eigenvalue weighted by atomic mass is 16.5. The first-order valence-electron chi connectivity index (χ1n) is 5.45. The predicted molar refractivity (Wildman–Crippen MR) is 67.5 cm³/mol. The number of imidazole rings is 1. The van der Waals surface area contributed by atoms with Crippen LogP contribution in [0, 0.1) is 0 Å². The summed E-state index contributed by atoms with van der Waals surface area (Å²) in [5, 5.41) is 9.95. The van der Waals surface area contributed by atoms with E-state index in [1.54, 1.807) is 37.7 Å². The summed E-state index contributed by atoms with van der Waals surface area (Å²) >= 11 is 0. The Labute approximate surface area is 103 Å². The Bertz CT molecular complexity index is 673. The van der Waals surface area contributed by atoms with Gasteiger partial charge in [-0.05, 0) is 18.2 Å². The average Bonchev–Trinajstić information content (AvgIpc) is 2.81. The number of fused-ring (bicyclic) bond motifs is 1. The van der Waals surface area contributed by atoms with Gasteiger partial charge in [0.2, 0.25) is 0 Å². The van der Waals surface area contributed by atoms with Crippen molar-refractivity contribution in [3.05, 3.63) is 36.7 Å². The number of pyridine rings is 1. The number of hydrogen-bond acceptors (Lipinski definition) is 4. The molecule has 0 spiro atoms. The topological polar surface area (TPSA) is 71.0 Å². The third-order valence-electron chi connectivity index (χ3n) is 2.74. The van der Waals surface area contributed by atoms with Crippen molar-refractivity contribution >= 4 is 11.0 Å². The van der Waals surface area contributed by atoms with Crippen molar-refractivity contribution in [3.63, 3.8) is 0 Å². The Morgan fingerprint density at radius 2 is 2.17 bits per heavy atom.